The van der Waals surface area contributed by atoms with Crippen molar-refractivity contribution in [2.75, 3.05) is 19.6 Å². The summed E-state index contributed by atoms with van der Waals surface area (Å²) >= 11 is 0. The molecule has 1 aliphatic carbocycles. The molecule has 1 aliphatic heterocycles. The molecule has 2 heterocycles. The van der Waals surface area contributed by atoms with Crippen molar-refractivity contribution < 1.29 is 9.52 Å². The maximum atomic E-state index is 11.5. The SMILES string of the molecule is O=c1cc(CN(CC2CC2)CC2CCCN2)occ1O. The third-order valence-electron chi connectivity index (χ3n) is 4.10. The Kier molecular flexibility index (Phi) is 4.08. The van der Waals surface area contributed by atoms with Crippen molar-refractivity contribution in [3.8, 4) is 5.75 Å². The Balaban J connectivity index is 1.64. The van der Waals surface area contributed by atoms with Gasteiger partial charge in [-0.05, 0) is 38.1 Å². The summed E-state index contributed by atoms with van der Waals surface area (Å²) in [6, 6.07) is 1.95. The number of hydrogen-bond donors (Lipinski definition) is 2. The summed E-state index contributed by atoms with van der Waals surface area (Å²) < 4.78 is 5.32. The van der Waals surface area contributed by atoms with Gasteiger partial charge in [0.1, 0.15) is 12.0 Å². The molecular weight excluding hydrogens is 256 g/mol. The first-order valence-electron chi connectivity index (χ1n) is 7.47. The standard InChI is InChI=1S/C15H22N2O3/c18-14-6-13(20-10-15(14)19)9-17(7-11-3-4-11)8-12-2-1-5-16-12/h6,10-12,16,19H,1-5,7-9H2. The highest BCUT2D eigenvalue weighted by Gasteiger charge is 2.27. The highest BCUT2D eigenvalue weighted by molar-refractivity contribution is 5.15. The largest absolute Gasteiger partial charge is 0.502 e. The fraction of sp³-hybridized carbons (Fsp3) is 0.667. The van der Waals surface area contributed by atoms with Crippen molar-refractivity contribution in [1.29, 1.82) is 0 Å². The van der Waals surface area contributed by atoms with Crippen LogP contribution in [0.25, 0.3) is 0 Å². The lowest BCUT2D eigenvalue weighted by Crippen LogP contribution is -2.38. The Morgan fingerprint density at radius 1 is 1.35 bits per heavy atom. The van der Waals surface area contributed by atoms with Gasteiger partial charge in [-0.15, -0.1) is 0 Å². The van der Waals surface area contributed by atoms with Crippen LogP contribution >= 0.6 is 0 Å². The third kappa shape index (κ3) is 3.61. The van der Waals surface area contributed by atoms with Crippen LogP contribution in [-0.2, 0) is 6.54 Å². The molecule has 110 valence electrons. The lowest BCUT2D eigenvalue weighted by Gasteiger charge is -2.25. The van der Waals surface area contributed by atoms with Gasteiger partial charge >= 0.3 is 0 Å². The summed E-state index contributed by atoms with van der Waals surface area (Å²) in [6.45, 7) is 3.82. The zero-order chi connectivity index (χ0) is 13.9. The van der Waals surface area contributed by atoms with Crippen LogP contribution in [0.5, 0.6) is 5.75 Å². The normalized spacial score (nSPS) is 22.6. The van der Waals surface area contributed by atoms with E-state index in [0.29, 0.717) is 18.3 Å². The minimum absolute atomic E-state index is 0.319. The van der Waals surface area contributed by atoms with E-state index in [2.05, 4.69) is 10.2 Å². The fourth-order valence-electron chi connectivity index (χ4n) is 2.84. The number of nitrogens with one attached hydrogen (secondary N) is 1. The zero-order valence-corrected chi connectivity index (χ0v) is 11.7. The van der Waals surface area contributed by atoms with E-state index in [0.717, 1.165) is 31.8 Å². The van der Waals surface area contributed by atoms with Gasteiger partial charge in [0.05, 0.1) is 6.54 Å². The molecule has 20 heavy (non-hydrogen) atoms. The van der Waals surface area contributed by atoms with Crippen LogP contribution in [0.1, 0.15) is 31.4 Å². The first-order valence-corrected chi connectivity index (χ1v) is 7.47. The molecule has 1 atom stereocenters. The van der Waals surface area contributed by atoms with Crippen molar-refractivity contribution in [3.63, 3.8) is 0 Å². The van der Waals surface area contributed by atoms with E-state index in [1.165, 1.54) is 31.7 Å². The van der Waals surface area contributed by atoms with Crippen LogP contribution in [0, 0.1) is 5.92 Å². The monoisotopic (exact) mass is 278 g/mol. The lowest BCUT2D eigenvalue weighted by molar-refractivity contribution is 0.212. The Labute approximate surface area is 118 Å². The quantitative estimate of drug-likeness (QED) is 0.821. The van der Waals surface area contributed by atoms with Gasteiger partial charge in [-0.25, -0.2) is 0 Å². The van der Waals surface area contributed by atoms with E-state index in [-0.39, 0.29) is 11.2 Å². The molecule has 0 amide bonds. The molecule has 1 aromatic heterocycles. The van der Waals surface area contributed by atoms with Crippen LogP contribution < -0.4 is 10.7 Å². The first kappa shape index (κ1) is 13.6. The van der Waals surface area contributed by atoms with E-state index in [9.17, 15) is 9.90 Å². The minimum atomic E-state index is -0.364. The second-order valence-corrected chi connectivity index (χ2v) is 6.03. The van der Waals surface area contributed by atoms with E-state index >= 15 is 0 Å². The average molecular weight is 278 g/mol. The Morgan fingerprint density at radius 2 is 2.20 bits per heavy atom. The van der Waals surface area contributed by atoms with Crippen LogP contribution in [0.3, 0.4) is 0 Å². The van der Waals surface area contributed by atoms with E-state index < -0.39 is 0 Å². The summed E-state index contributed by atoms with van der Waals surface area (Å²) in [5.41, 5.74) is -0.364. The predicted octanol–water partition coefficient (Wildman–Crippen LogP) is 1.31. The molecule has 0 spiro atoms. The molecular formula is C15H22N2O3. The zero-order valence-electron chi connectivity index (χ0n) is 11.7. The maximum Gasteiger partial charge on any atom is 0.226 e. The molecule has 1 aromatic rings. The van der Waals surface area contributed by atoms with Crippen LogP contribution in [0.4, 0.5) is 0 Å². The summed E-state index contributed by atoms with van der Waals surface area (Å²) in [5, 5.41) is 12.7. The summed E-state index contributed by atoms with van der Waals surface area (Å²) in [7, 11) is 0. The highest BCUT2D eigenvalue weighted by Crippen LogP contribution is 2.30. The molecule has 0 bridgehead atoms. The molecule has 5 heteroatoms. The van der Waals surface area contributed by atoms with Crippen molar-refractivity contribution >= 4 is 0 Å². The molecule has 5 nitrogen and oxygen atoms in total. The molecule has 2 fully saturated rings. The number of nitrogens with zero attached hydrogens (tertiary/aromatic N) is 1. The van der Waals surface area contributed by atoms with Crippen LogP contribution in [-0.4, -0.2) is 35.7 Å². The number of rotatable bonds is 6. The van der Waals surface area contributed by atoms with Gasteiger partial charge in [0.15, 0.2) is 5.75 Å². The van der Waals surface area contributed by atoms with E-state index in [4.69, 9.17) is 4.42 Å². The summed E-state index contributed by atoms with van der Waals surface area (Å²) in [5.74, 6) is 1.12. The first-order chi connectivity index (χ1) is 9.70. The van der Waals surface area contributed by atoms with Gasteiger partial charge in [0.25, 0.3) is 0 Å². The Bertz CT molecular complexity index is 504. The summed E-state index contributed by atoms with van der Waals surface area (Å²) in [4.78, 5) is 13.8. The van der Waals surface area contributed by atoms with E-state index in [1.807, 2.05) is 0 Å². The van der Waals surface area contributed by atoms with Crippen molar-refractivity contribution in [3.05, 3.63) is 28.3 Å². The smallest absolute Gasteiger partial charge is 0.226 e. The molecule has 0 radical (unpaired) electrons. The van der Waals surface area contributed by atoms with Gasteiger partial charge in [-0.1, -0.05) is 0 Å². The van der Waals surface area contributed by atoms with Crippen molar-refractivity contribution in [1.82, 2.24) is 10.2 Å². The van der Waals surface area contributed by atoms with Gasteiger partial charge in [0.2, 0.25) is 5.43 Å². The highest BCUT2D eigenvalue weighted by atomic mass is 16.4. The molecule has 2 N–H and O–H groups in total. The molecule has 1 unspecified atom stereocenters. The van der Waals surface area contributed by atoms with Crippen molar-refractivity contribution in [2.24, 2.45) is 5.92 Å². The number of aromatic hydroxyl groups is 1. The molecule has 3 rings (SSSR count). The average Bonchev–Trinajstić information content (AvgIpc) is 3.08. The van der Waals surface area contributed by atoms with Gasteiger partial charge in [-0.3, -0.25) is 9.69 Å². The van der Waals surface area contributed by atoms with Crippen LogP contribution in [0.15, 0.2) is 21.5 Å². The van der Waals surface area contributed by atoms with Gasteiger partial charge < -0.3 is 14.8 Å². The molecule has 2 aliphatic rings. The number of hydrogen-bond acceptors (Lipinski definition) is 5. The lowest BCUT2D eigenvalue weighted by atomic mass is 10.2. The second kappa shape index (κ2) is 5.97. The molecule has 0 aromatic carbocycles. The van der Waals surface area contributed by atoms with E-state index in [1.54, 1.807) is 0 Å². The van der Waals surface area contributed by atoms with Gasteiger partial charge in [0, 0.05) is 25.2 Å². The third-order valence-corrected chi connectivity index (χ3v) is 4.10. The van der Waals surface area contributed by atoms with Gasteiger partial charge in [-0.2, -0.15) is 0 Å². The maximum absolute atomic E-state index is 11.5. The van der Waals surface area contributed by atoms with Crippen LogP contribution in [0.2, 0.25) is 0 Å². The minimum Gasteiger partial charge on any atom is -0.502 e. The predicted molar refractivity (Wildman–Crippen MR) is 75.7 cm³/mol. The Hall–Kier alpha value is -1.33. The Morgan fingerprint density at radius 3 is 2.85 bits per heavy atom. The van der Waals surface area contributed by atoms with Crippen molar-refractivity contribution in [2.45, 2.75) is 38.3 Å². The second-order valence-electron chi connectivity index (χ2n) is 6.03. The summed E-state index contributed by atoms with van der Waals surface area (Å²) in [6.07, 6.45) is 6.24. The fourth-order valence-corrected chi connectivity index (χ4v) is 2.84. The molecule has 1 saturated carbocycles. The topological polar surface area (TPSA) is 65.7 Å². The molecule has 1 saturated heterocycles.